The number of carbonyl (C=O) groups is 1. The van der Waals surface area contributed by atoms with Crippen LogP contribution in [0.2, 0.25) is 0 Å². The number of hydrogen-bond donors (Lipinski definition) is 0. The van der Waals surface area contributed by atoms with Crippen LogP contribution < -0.4 is 0 Å². The van der Waals surface area contributed by atoms with Crippen LogP contribution in [0.3, 0.4) is 0 Å². The summed E-state index contributed by atoms with van der Waals surface area (Å²) in [6.07, 6.45) is 0.719. The molecule has 4 heteroatoms. The normalized spacial score (nSPS) is 23.8. The van der Waals surface area contributed by atoms with E-state index in [0.717, 1.165) is 25.3 Å². The fourth-order valence-electron chi connectivity index (χ4n) is 1.18. The summed E-state index contributed by atoms with van der Waals surface area (Å²) in [6.45, 7) is 1.99. The maximum Gasteiger partial charge on any atom is 0.415 e. The van der Waals surface area contributed by atoms with Gasteiger partial charge in [-0.05, 0) is 6.42 Å². The molecular formula is C6H8N2O2. The fraction of sp³-hybridized carbons (Fsp3) is 0.667. The van der Waals surface area contributed by atoms with E-state index in [9.17, 15) is 4.79 Å². The molecule has 0 N–H and O–H groups in total. The number of amides is 1. The van der Waals surface area contributed by atoms with Gasteiger partial charge in [0, 0.05) is 13.1 Å². The summed E-state index contributed by atoms with van der Waals surface area (Å²) in [5, 5.41) is 0. The minimum atomic E-state index is -0.238. The molecule has 2 rings (SSSR count). The Kier molecular flexibility index (Phi) is 1.12. The van der Waals surface area contributed by atoms with Crippen LogP contribution in [-0.2, 0) is 4.74 Å². The molecule has 0 aromatic rings. The number of hydrogen-bond acceptors (Lipinski definition) is 3. The number of cyclic esters (lactones) is 1. The molecule has 54 valence electrons. The Morgan fingerprint density at radius 3 is 3.30 bits per heavy atom. The van der Waals surface area contributed by atoms with Gasteiger partial charge in [-0.3, -0.25) is 9.89 Å². The van der Waals surface area contributed by atoms with Gasteiger partial charge in [-0.2, -0.15) is 0 Å². The monoisotopic (exact) mass is 140 g/mol. The SMILES string of the molecule is O=C1OCC2=NCCCN12. The highest BCUT2D eigenvalue weighted by Gasteiger charge is 2.29. The molecule has 0 aromatic carbocycles. The summed E-state index contributed by atoms with van der Waals surface area (Å²) in [4.78, 5) is 16.6. The van der Waals surface area contributed by atoms with Gasteiger partial charge in [0.05, 0.1) is 0 Å². The summed E-state index contributed by atoms with van der Waals surface area (Å²) in [5.41, 5.74) is 0. The molecule has 0 saturated carbocycles. The third-order valence-electron chi connectivity index (χ3n) is 1.69. The van der Waals surface area contributed by atoms with Crippen molar-refractivity contribution in [1.82, 2.24) is 4.90 Å². The first-order chi connectivity index (χ1) is 4.88. The van der Waals surface area contributed by atoms with Crippen molar-refractivity contribution in [3.63, 3.8) is 0 Å². The standard InChI is InChI=1S/C6H8N2O2/c9-6-8-3-1-2-7-5(8)4-10-6/h1-4H2. The molecule has 0 spiro atoms. The van der Waals surface area contributed by atoms with Crippen LogP contribution in [-0.4, -0.2) is 36.5 Å². The third kappa shape index (κ3) is 0.683. The zero-order chi connectivity index (χ0) is 6.97. The number of aliphatic imine (C=N–C) groups is 1. The number of ether oxygens (including phenoxy) is 1. The first kappa shape index (κ1) is 5.70. The molecule has 0 unspecified atom stereocenters. The minimum absolute atomic E-state index is 0.238. The van der Waals surface area contributed by atoms with Crippen molar-refractivity contribution in [2.24, 2.45) is 4.99 Å². The van der Waals surface area contributed by atoms with Crippen molar-refractivity contribution < 1.29 is 9.53 Å². The van der Waals surface area contributed by atoms with E-state index >= 15 is 0 Å². The molecule has 0 aromatic heterocycles. The second kappa shape index (κ2) is 1.97. The van der Waals surface area contributed by atoms with Crippen LogP contribution in [0.15, 0.2) is 4.99 Å². The van der Waals surface area contributed by atoms with Gasteiger partial charge >= 0.3 is 6.09 Å². The first-order valence-corrected chi connectivity index (χ1v) is 3.35. The Labute approximate surface area is 58.5 Å². The highest BCUT2D eigenvalue weighted by Crippen LogP contribution is 2.11. The average molecular weight is 140 g/mol. The summed E-state index contributed by atoms with van der Waals surface area (Å²) in [7, 11) is 0. The number of fused-ring (bicyclic) bond motifs is 1. The van der Waals surface area contributed by atoms with Crippen LogP contribution in [0.5, 0.6) is 0 Å². The van der Waals surface area contributed by atoms with Crippen molar-refractivity contribution in [3.05, 3.63) is 0 Å². The summed E-state index contributed by atoms with van der Waals surface area (Å²) < 4.78 is 4.76. The quantitative estimate of drug-likeness (QED) is 0.483. The van der Waals surface area contributed by atoms with E-state index in [2.05, 4.69) is 4.99 Å². The lowest BCUT2D eigenvalue weighted by atomic mass is 10.3. The lowest BCUT2D eigenvalue weighted by Gasteiger charge is -2.16. The van der Waals surface area contributed by atoms with E-state index in [4.69, 9.17) is 4.74 Å². The van der Waals surface area contributed by atoms with Crippen molar-refractivity contribution in [2.45, 2.75) is 6.42 Å². The van der Waals surface area contributed by atoms with Crippen molar-refractivity contribution >= 4 is 11.9 Å². The van der Waals surface area contributed by atoms with E-state index < -0.39 is 0 Å². The highest BCUT2D eigenvalue weighted by atomic mass is 16.6. The van der Waals surface area contributed by atoms with E-state index in [-0.39, 0.29) is 6.09 Å². The van der Waals surface area contributed by atoms with E-state index in [1.54, 1.807) is 4.90 Å². The van der Waals surface area contributed by atoms with Gasteiger partial charge in [-0.15, -0.1) is 0 Å². The van der Waals surface area contributed by atoms with E-state index in [0.29, 0.717) is 6.61 Å². The summed E-state index contributed by atoms with van der Waals surface area (Å²) >= 11 is 0. The second-order valence-corrected chi connectivity index (χ2v) is 2.36. The summed E-state index contributed by atoms with van der Waals surface area (Å²) in [5.74, 6) is 0.802. The van der Waals surface area contributed by atoms with Crippen LogP contribution in [0, 0.1) is 0 Å². The van der Waals surface area contributed by atoms with Crippen LogP contribution in [0.4, 0.5) is 4.79 Å². The van der Waals surface area contributed by atoms with E-state index in [1.807, 2.05) is 0 Å². The number of amidine groups is 1. The molecule has 0 aliphatic carbocycles. The molecule has 2 heterocycles. The molecule has 10 heavy (non-hydrogen) atoms. The Hall–Kier alpha value is -1.06. The van der Waals surface area contributed by atoms with Crippen LogP contribution >= 0.6 is 0 Å². The molecule has 1 saturated heterocycles. The molecule has 2 aliphatic rings. The van der Waals surface area contributed by atoms with Crippen LogP contribution in [0.25, 0.3) is 0 Å². The van der Waals surface area contributed by atoms with Gasteiger partial charge in [0.25, 0.3) is 0 Å². The van der Waals surface area contributed by atoms with Gasteiger partial charge in [-0.1, -0.05) is 0 Å². The molecule has 1 amide bonds. The Balaban J connectivity index is 2.25. The molecule has 0 bridgehead atoms. The van der Waals surface area contributed by atoms with Gasteiger partial charge < -0.3 is 4.74 Å². The molecule has 0 atom stereocenters. The lowest BCUT2D eigenvalue weighted by molar-refractivity contribution is 0.159. The Morgan fingerprint density at radius 2 is 2.50 bits per heavy atom. The Bertz CT molecular complexity index is 200. The Morgan fingerprint density at radius 1 is 1.60 bits per heavy atom. The van der Waals surface area contributed by atoms with Gasteiger partial charge in [-0.25, -0.2) is 4.79 Å². The van der Waals surface area contributed by atoms with Crippen LogP contribution in [0.1, 0.15) is 6.42 Å². The summed E-state index contributed by atoms with van der Waals surface area (Å²) in [6, 6.07) is 0. The highest BCUT2D eigenvalue weighted by molar-refractivity contribution is 6.01. The molecular weight excluding hydrogens is 132 g/mol. The fourth-order valence-corrected chi connectivity index (χ4v) is 1.18. The van der Waals surface area contributed by atoms with Gasteiger partial charge in [0.1, 0.15) is 5.84 Å². The van der Waals surface area contributed by atoms with Crippen molar-refractivity contribution in [3.8, 4) is 0 Å². The predicted molar refractivity (Wildman–Crippen MR) is 35.0 cm³/mol. The lowest BCUT2D eigenvalue weighted by Crippen LogP contribution is -2.33. The van der Waals surface area contributed by atoms with Crippen molar-refractivity contribution in [1.29, 1.82) is 0 Å². The average Bonchev–Trinajstić information content (AvgIpc) is 2.34. The van der Waals surface area contributed by atoms with Gasteiger partial charge in [0.15, 0.2) is 6.61 Å². The molecule has 0 radical (unpaired) electrons. The molecule has 4 nitrogen and oxygen atoms in total. The van der Waals surface area contributed by atoms with E-state index in [1.165, 1.54) is 0 Å². The zero-order valence-electron chi connectivity index (χ0n) is 5.54. The molecule has 1 fully saturated rings. The second-order valence-electron chi connectivity index (χ2n) is 2.36. The first-order valence-electron chi connectivity index (χ1n) is 3.35. The predicted octanol–water partition coefficient (Wildman–Crippen LogP) is 0.241. The molecule has 2 aliphatic heterocycles. The maximum atomic E-state index is 10.8. The van der Waals surface area contributed by atoms with Crippen molar-refractivity contribution in [2.75, 3.05) is 19.7 Å². The number of nitrogens with zero attached hydrogens (tertiary/aromatic N) is 2. The third-order valence-corrected chi connectivity index (χ3v) is 1.69. The largest absolute Gasteiger partial charge is 0.441 e. The minimum Gasteiger partial charge on any atom is -0.441 e. The topological polar surface area (TPSA) is 41.9 Å². The number of carbonyl (C=O) groups excluding carboxylic acids is 1. The van der Waals surface area contributed by atoms with Gasteiger partial charge in [0.2, 0.25) is 0 Å². The maximum absolute atomic E-state index is 10.8. The smallest absolute Gasteiger partial charge is 0.415 e. The number of rotatable bonds is 0. The zero-order valence-corrected chi connectivity index (χ0v) is 5.54.